The van der Waals surface area contributed by atoms with E-state index in [1.807, 2.05) is 60.7 Å². The number of hydrogen-bond acceptors (Lipinski definition) is 7. The lowest BCUT2D eigenvalue weighted by Crippen LogP contribution is -2.20. The normalized spacial score (nSPS) is 12.7. The molecule has 0 saturated carbocycles. The van der Waals surface area contributed by atoms with Crippen LogP contribution in [0.5, 0.6) is 5.75 Å². The van der Waals surface area contributed by atoms with Gasteiger partial charge in [-0.15, -0.1) is 0 Å². The van der Waals surface area contributed by atoms with Gasteiger partial charge in [-0.3, -0.25) is 0 Å². The molecule has 0 aliphatic heterocycles. The van der Waals surface area contributed by atoms with Crippen LogP contribution in [0.4, 0.5) is 0 Å². The Morgan fingerprint density at radius 2 is 1.67 bits per heavy atom. The van der Waals surface area contributed by atoms with Crippen LogP contribution in [0.15, 0.2) is 89.3 Å². The molecule has 0 spiro atoms. The van der Waals surface area contributed by atoms with E-state index in [1.165, 1.54) is 7.11 Å². The molecule has 33 heavy (non-hydrogen) atoms. The molecule has 3 aromatic carbocycles. The van der Waals surface area contributed by atoms with Crippen LogP contribution in [0, 0.1) is 0 Å². The number of methoxy groups -OCH3 is 1. The maximum atomic E-state index is 11.3. The van der Waals surface area contributed by atoms with E-state index in [-0.39, 0.29) is 12.5 Å². The van der Waals surface area contributed by atoms with E-state index >= 15 is 0 Å². The number of ether oxygens (including phenoxy) is 2. The highest BCUT2D eigenvalue weighted by atomic mass is 16.6. The third kappa shape index (κ3) is 5.11. The fourth-order valence-electron chi connectivity index (χ4n) is 3.39. The number of carbonyl (C=O) groups is 1. The Morgan fingerprint density at radius 1 is 1.00 bits per heavy atom. The molecule has 7 heteroatoms. The summed E-state index contributed by atoms with van der Waals surface area (Å²) in [6.45, 7) is -0.233. The molecule has 4 aromatic rings. The fourth-order valence-corrected chi connectivity index (χ4v) is 3.39. The van der Waals surface area contributed by atoms with Gasteiger partial charge in [0.15, 0.2) is 12.4 Å². The summed E-state index contributed by atoms with van der Waals surface area (Å²) in [5, 5.41) is 11.0. The van der Waals surface area contributed by atoms with Crippen LogP contribution in [0.1, 0.15) is 23.6 Å². The fraction of sp³-hybridized carbons (Fsp3) is 0.154. The predicted molar refractivity (Wildman–Crippen MR) is 123 cm³/mol. The number of rotatable bonds is 8. The van der Waals surface area contributed by atoms with Gasteiger partial charge in [-0.25, -0.2) is 9.78 Å². The zero-order chi connectivity index (χ0) is 23.2. The Balaban J connectivity index is 1.64. The van der Waals surface area contributed by atoms with Crippen LogP contribution in [0.2, 0.25) is 0 Å². The summed E-state index contributed by atoms with van der Waals surface area (Å²) >= 11 is 0. The third-order valence-corrected chi connectivity index (χ3v) is 5.14. The highest BCUT2D eigenvalue weighted by Crippen LogP contribution is 2.36. The van der Waals surface area contributed by atoms with Crippen LogP contribution in [-0.4, -0.2) is 29.8 Å². The maximum Gasteiger partial charge on any atom is 0.343 e. The van der Waals surface area contributed by atoms with Crippen LogP contribution < -0.4 is 10.5 Å². The van der Waals surface area contributed by atoms with Gasteiger partial charge in [-0.1, -0.05) is 72.8 Å². The lowest BCUT2D eigenvalue weighted by Gasteiger charge is -2.17. The molecule has 0 aliphatic rings. The quantitative estimate of drug-likeness (QED) is 0.390. The van der Waals surface area contributed by atoms with Crippen LogP contribution >= 0.6 is 0 Å². The number of aromatic nitrogens is 1. The first-order chi connectivity index (χ1) is 16.1. The van der Waals surface area contributed by atoms with Gasteiger partial charge in [0.1, 0.15) is 23.6 Å². The smallest absolute Gasteiger partial charge is 0.343 e. The average molecular weight is 444 g/mol. The molecule has 0 saturated heterocycles. The van der Waals surface area contributed by atoms with E-state index in [0.717, 1.165) is 11.1 Å². The molecular formula is C26H24N2O5. The Bertz CT molecular complexity index is 1150. The van der Waals surface area contributed by atoms with Crippen molar-refractivity contribution in [2.24, 2.45) is 5.73 Å². The second-order valence-corrected chi connectivity index (χ2v) is 7.37. The monoisotopic (exact) mass is 444 g/mol. The van der Waals surface area contributed by atoms with E-state index in [0.29, 0.717) is 22.8 Å². The molecule has 0 radical (unpaired) electrons. The summed E-state index contributed by atoms with van der Waals surface area (Å²) in [7, 11) is 1.29. The second kappa shape index (κ2) is 10.1. The van der Waals surface area contributed by atoms with E-state index in [4.69, 9.17) is 14.9 Å². The minimum atomic E-state index is -1.11. The minimum absolute atomic E-state index is 0.209. The van der Waals surface area contributed by atoms with Gasteiger partial charge in [0.05, 0.1) is 7.11 Å². The number of oxazole rings is 1. The summed E-state index contributed by atoms with van der Waals surface area (Å²) in [5.74, 6) is 0.696. The number of nitrogens with two attached hydrogens (primary N) is 1. The van der Waals surface area contributed by atoms with E-state index in [1.54, 1.807) is 24.3 Å². The molecule has 0 bridgehead atoms. The maximum absolute atomic E-state index is 11.3. The van der Waals surface area contributed by atoms with Crippen molar-refractivity contribution in [3.63, 3.8) is 0 Å². The van der Waals surface area contributed by atoms with Gasteiger partial charge in [0.25, 0.3) is 0 Å². The Hall–Kier alpha value is -3.94. The van der Waals surface area contributed by atoms with Crippen molar-refractivity contribution >= 4 is 5.97 Å². The number of aliphatic hydroxyl groups excluding tert-OH is 1. The standard InChI is InChI=1S/C26H24N2O5/c1-31-21(29)16-32-20-14-8-13-19(15-20)24(30)22(27)26-28-23(17-9-4-2-5-10-17)25(33-26)18-11-6-3-7-12-18/h2-15,22,24,30H,16,27H2,1H3. The molecule has 168 valence electrons. The van der Waals surface area contributed by atoms with Crippen molar-refractivity contribution in [1.82, 2.24) is 4.98 Å². The highest BCUT2D eigenvalue weighted by Gasteiger charge is 2.27. The molecule has 7 nitrogen and oxygen atoms in total. The van der Waals surface area contributed by atoms with Crippen LogP contribution in [0.3, 0.4) is 0 Å². The topological polar surface area (TPSA) is 108 Å². The molecule has 4 rings (SSSR count). The highest BCUT2D eigenvalue weighted by molar-refractivity contribution is 5.76. The van der Waals surface area contributed by atoms with Crippen LogP contribution in [0.25, 0.3) is 22.6 Å². The summed E-state index contributed by atoms with van der Waals surface area (Å²) in [4.78, 5) is 16.0. The van der Waals surface area contributed by atoms with Gasteiger partial charge in [-0.2, -0.15) is 0 Å². The van der Waals surface area contributed by atoms with Crippen molar-refractivity contribution in [3.05, 3.63) is 96.4 Å². The van der Waals surface area contributed by atoms with E-state index < -0.39 is 18.1 Å². The molecule has 0 amide bonds. The molecule has 0 fully saturated rings. The lowest BCUT2D eigenvalue weighted by atomic mass is 10.0. The summed E-state index contributed by atoms with van der Waals surface area (Å²) in [6, 6.07) is 25.1. The van der Waals surface area contributed by atoms with Crippen molar-refractivity contribution in [2.75, 3.05) is 13.7 Å². The van der Waals surface area contributed by atoms with Gasteiger partial charge < -0.3 is 24.7 Å². The van der Waals surface area contributed by atoms with Gasteiger partial charge in [0.2, 0.25) is 5.89 Å². The van der Waals surface area contributed by atoms with Crippen molar-refractivity contribution in [2.45, 2.75) is 12.1 Å². The first kappa shape index (κ1) is 22.3. The SMILES string of the molecule is COC(=O)COc1cccc(C(O)C(N)c2nc(-c3ccccc3)c(-c3ccccc3)o2)c1. The molecular weight excluding hydrogens is 420 g/mol. The van der Waals surface area contributed by atoms with Crippen molar-refractivity contribution in [3.8, 4) is 28.3 Å². The minimum Gasteiger partial charge on any atom is -0.482 e. The number of hydrogen-bond donors (Lipinski definition) is 2. The Labute approximate surface area is 191 Å². The molecule has 3 N–H and O–H groups in total. The first-order valence-corrected chi connectivity index (χ1v) is 10.4. The van der Waals surface area contributed by atoms with Gasteiger partial charge in [-0.05, 0) is 17.7 Å². The zero-order valence-corrected chi connectivity index (χ0v) is 18.0. The van der Waals surface area contributed by atoms with E-state index in [9.17, 15) is 9.90 Å². The molecule has 0 aliphatic carbocycles. The zero-order valence-electron chi connectivity index (χ0n) is 18.0. The van der Waals surface area contributed by atoms with E-state index in [2.05, 4.69) is 9.72 Å². The van der Waals surface area contributed by atoms with Crippen molar-refractivity contribution < 1.29 is 23.8 Å². The Kier molecular flexibility index (Phi) is 6.83. The molecule has 2 atom stereocenters. The lowest BCUT2D eigenvalue weighted by molar-refractivity contribution is -0.142. The van der Waals surface area contributed by atoms with Gasteiger partial charge in [0, 0.05) is 11.1 Å². The average Bonchev–Trinajstić information content (AvgIpc) is 3.33. The van der Waals surface area contributed by atoms with Gasteiger partial charge >= 0.3 is 5.97 Å². The number of nitrogens with zero attached hydrogens (tertiary/aromatic N) is 1. The largest absolute Gasteiger partial charge is 0.482 e. The number of esters is 1. The molecule has 2 unspecified atom stereocenters. The summed E-state index contributed by atoms with van der Waals surface area (Å²) < 4.78 is 16.1. The number of aliphatic hydroxyl groups is 1. The number of benzene rings is 3. The number of carbonyl (C=O) groups excluding carboxylic acids is 1. The molecule has 1 aromatic heterocycles. The van der Waals surface area contributed by atoms with Crippen LogP contribution in [-0.2, 0) is 9.53 Å². The molecule has 1 heterocycles. The first-order valence-electron chi connectivity index (χ1n) is 10.4. The summed E-state index contributed by atoms with van der Waals surface area (Å²) in [5.41, 5.74) is 9.27. The van der Waals surface area contributed by atoms with Crippen molar-refractivity contribution in [1.29, 1.82) is 0 Å². The Morgan fingerprint density at radius 3 is 2.33 bits per heavy atom. The second-order valence-electron chi connectivity index (χ2n) is 7.37. The third-order valence-electron chi connectivity index (χ3n) is 5.14. The summed E-state index contributed by atoms with van der Waals surface area (Å²) in [6.07, 6.45) is -1.11. The predicted octanol–water partition coefficient (Wildman–Crippen LogP) is 4.29.